The van der Waals surface area contributed by atoms with E-state index >= 15 is 0 Å². The molecule has 0 aromatic rings. The maximum Gasteiger partial charge on any atom is 0.200 e. The zero-order valence-corrected chi connectivity index (χ0v) is 5.15. The summed E-state index contributed by atoms with van der Waals surface area (Å²) in [4.78, 5) is 0. The maximum atomic E-state index is 3.81. The summed E-state index contributed by atoms with van der Waals surface area (Å²) in [6.45, 7) is 7.62. The van der Waals surface area contributed by atoms with Crippen LogP contribution in [0, 0.1) is 0 Å². The first-order chi connectivity index (χ1) is 3.72. The van der Waals surface area contributed by atoms with Crippen LogP contribution in [-0.4, -0.2) is 17.8 Å². The maximum absolute atomic E-state index is 3.81. The van der Waals surface area contributed by atoms with Crippen molar-refractivity contribution in [2.45, 2.75) is 6.42 Å². The molecule has 0 atom stereocenters. The highest BCUT2D eigenvalue weighted by Crippen LogP contribution is 2.13. The molecule has 1 aliphatic rings. The molecule has 0 radical (unpaired) electrons. The van der Waals surface area contributed by atoms with Crippen LogP contribution in [0.3, 0.4) is 0 Å². The lowest BCUT2D eigenvalue weighted by Crippen LogP contribution is -1.95. The average Bonchev–Trinajstić information content (AvgIpc) is 1.98. The van der Waals surface area contributed by atoms with Gasteiger partial charge in [-0.1, -0.05) is 6.58 Å². The summed E-state index contributed by atoms with van der Waals surface area (Å²) >= 11 is 0. The summed E-state index contributed by atoms with van der Waals surface area (Å²) in [6, 6.07) is 0. The quantitative estimate of drug-likeness (QED) is 0.410. The van der Waals surface area contributed by atoms with Crippen molar-refractivity contribution in [3.8, 4) is 0 Å². The number of rotatable bonds is 0. The minimum atomic E-state index is 0.968. The van der Waals surface area contributed by atoms with E-state index in [0.29, 0.717) is 0 Å². The van der Waals surface area contributed by atoms with Crippen molar-refractivity contribution < 1.29 is 4.58 Å². The van der Waals surface area contributed by atoms with E-state index in [1.165, 1.54) is 0 Å². The van der Waals surface area contributed by atoms with Gasteiger partial charge in [0.25, 0.3) is 0 Å². The second-order valence-corrected chi connectivity index (χ2v) is 2.05. The summed E-state index contributed by atoms with van der Waals surface area (Å²) < 4.78 is 2.00. The van der Waals surface area contributed by atoms with Crippen molar-refractivity contribution in [3.63, 3.8) is 0 Å². The molecule has 1 heterocycles. The Morgan fingerprint density at radius 2 is 2.25 bits per heavy atom. The molecule has 0 aromatic carbocycles. The van der Waals surface area contributed by atoms with Gasteiger partial charge in [0.15, 0.2) is 0 Å². The Hall–Kier alpha value is -0.850. The molecule has 1 nitrogen and oxygen atoms in total. The predicted molar refractivity (Wildman–Crippen MR) is 35.1 cm³/mol. The molecule has 1 rings (SSSR count). The summed E-state index contributed by atoms with van der Waals surface area (Å²) in [5, 5.41) is 0. The lowest BCUT2D eigenvalue weighted by atomic mass is 10.2. The number of nitrogens with zero attached hydrogens (tertiary/aromatic N) is 1. The molecular formula is C7H10N+. The van der Waals surface area contributed by atoms with E-state index in [1.54, 1.807) is 0 Å². The average molecular weight is 108 g/mol. The van der Waals surface area contributed by atoms with Crippen molar-refractivity contribution in [3.05, 3.63) is 24.4 Å². The number of hydrogen-bond acceptors (Lipinski definition) is 0. The van der Waals surface area contributed by atoms with Gasteiger partial charge in [0, 0.05) is 5.57 Å². The van der Waals surface area contributed by atoms with E-state index in [1.807, 2.05) is 11.6 Å². The Morgan fingerprint density at radius 1 is 1.62 bits per heavy atom. The fraction of sp³-hybridized carbons (Fsp3) is 0.286. The Bertz CT molecular complexity index is 175. The first-order valence-corrected chi connectivity index (χ1v) is 2.65. The fourth-order valence-electron chi connectivity index (χ4n) is 0.725. The van der Waals surface area contributed by atoms with Gasteiger partial charge in [-0.15, -0.1) is 0 Å². The summed E-state index contributed by atoms with van der Waals surface area (Å²) in [7, 11) is 1.99. The van der Waals surface area contributed by atoms with Crippen molar-refractivity contribution in [1.29, 1.82) is 0 Å². The highest BCUT2D eigenvalue weighted by atomic mass is 15.0. The van der Waals surface area contributed by atoms with Gasteiger partial charge >= 0.3 is 0 Å². The van der Waals surface area contributed by atoms with Crippen LogP contribution in [-0.2, 0) is 0 Å². The molecule has 0 amide bonds. The van der Waals surface area contributed by atoms with Crippen LogP contribution in [0.25, 0.3) is 0 Å². The third-order valence-electron chi connectivity index (χ3n) is 1.45. The van der Waals surface area contributed by atoms with Crippen LogP contribution < -0.4 is 0 Å². The van der Waals surface area contributed by atoms with Crippen LogP contribution in [0.2, 0.25) is 0 Å². The second kappa shape index (κ2) is 1.58. The summed E-state index contributed by atoms with van der Waals surface area (Å²) in [5.74, 6) is 0. The Kier molecular flexibility index (Phi) is 1.05. The topological polar surface area (TPSA) is 3.01 Å². The number of likely N-dealkylation sites (N-methyl/N-ethyl adjacent to an activating group) is 1. The molecule has 0 fully saturated rings. The highest BCUT2D eigenvalue weighted by Gasteiger charge is 2.15. The fourth-order valence-corrected chi connectivity index (χ4v) is 0.725. The highest BCUT2D eigenvalue weighted by molar-refractivity contribution is 5.62. The normalized spacial score (nSPS) is 19.4. The van der Waals surface area contributed by atoms with Crippen LogP contribution in [0.4, 0.5) is 0 Å². The first kappa shape index (κ1) is 5.29. The molecule has 0 saturated carbocycles. The molecule has 42 valence electrons. The van der Waals surface area contributed by atoms with Gasteiger partial charge in [-0.2, -0.15) is 0 Å². The lowest BCUT2D eigenvalue weighted by molar-refractivity contribution is -0.428. The number of allylic oxidation sites excluding steroid dienone is 1. The molecule has 0 N–H and O–H groups in total. The molecule has 0 spiro atoms. The van der Waals surface area contributed by atoms with Gasteiger partial charge in [0.1, 0.15) is 13.3 Å². The molecular weight excluding hydrogens is 98.1 g/mol. The van der Waals surface area contributed by atoms with Crippen molar-refractivity contribution in [1.82, 2.24) is 0 Å². The Labute approximate surface area is 49.6 Å². The zero-order chi connectivity index (χ0) is 6.15. The van der Waals surface area contributed by atoms with E-state index in [9.17, 15) is 0 Å². The van der Waals surface area contributed by atoms with Gasteiger partial charge in [0.2, 0.25) is 5.70 Å². The molecule has 0 aliphatic carbocycles. The minimum absolute atomic E-state index is 0.968. The molecule has 0 bridgehead atoms. The van der Waals surface area contributed by atoms with Gasteiger partial charge in [-0.25, -0.2) is 4.58 Å². The van der Waals surface area contributed by atoms with E-state index in [0.717, 1.165) is 17.7 Å². The Balaban J connectivity index is 2.89. The zero-order valence-electron chi connectivity index (χ0n) is 5.15. The molecule has 0 unspecified atom stereocenters. The van der Waals surface area contributed by atoms with Crippen LogP contribution in [0.15, 0.2) is 24.4 Å². The van der Waals surface area contributed by atoms with E-state index in [4.69, 9.17) is 0 Å². The van der Waals surface area contributed by atoms with E-state index in [2.05, 4.69) is 19.4 Å². The van der Waals surface area contributed by atoms with Gasteiger partial charge in [0.05, 0.1) is 6.42 Å². The van der Waals surface area contributed by atoms with Gasteiger partial charge in [-0.3, -0.25) is 0 Å². The standard InChI is InChI=1S/C7H10N/c1-6-4-5-8(3)7(6)2/h5H,1-2,4H2,3H3/q+1. The monoisotopic (exact) mass is 108 g/mol. The molecule has 8 heavy (non-hydrogen) atoms. The van der Waals surface area contributed by atoms with Crippen molar-refractivity contribution in [2.75, 3.05) is 7.05 Å². The van der Waals surface area contributed by atoms with E-state index < -0.39 is 0 Å². The van der Waals surface area contributed by atoms with Crippen LogP contribution >= 0.6 is 0 Å². The summed E-state index contributed by atoms with van der Waals surface area (Å²) in [6.07, 6.45) is 3.04. The largest absolute Gasteiger partial charge is 0.205 e. The van der Waals surface area contributed by atoms with Crippen molar-refractivity contribution >= 4 is 6.21 Å². The SMILES string of the molecule is C=C1CC=[N+](C)C1=C. The Morgan fingerprint density at radius 3 is 2.38 bits per heavy atom. The van der Waals surface area contributed by atoms with Gasteiger partial charge in [-0.05, 0) is 6.58 Å². The first-order valence-electron chi connectivity index (χ1n) is 2.65. The van der Waals surface area contributed by atoms with Crippen LogP contribution in [0.5, 0.6) is 0 Å². The van der Waals surface area contributed by atoms with Crippen molar-refractivity contribution in [2.24, 2.45) is 0 Å². The third-order valence-corrected chi connectivity index (χ3v) is 1.45. The van der Waals surface area contributed by atoms with Gasteiger partial charge < -0.3 is 0 Å². The second-order valence-electron chi connectivity index (χ2n) is 2.05. The molecule has 1 heteroatoms. The predicted octanol–water partition coefficient (Wildman–Crippen LogP) is 1.17. The summed E-state index contributed by atoms with van der Waals surface area (Å²) in [5.41, 5.74) is 2.18. The van der Waals surface area contributed by atoms with E-state index in [-0.39, 0.29) is 0 Å². The van der Waals surface area contributed by atoms with Crippen LogP contribution in [0.1, 0.15) is 6.42 Å². The minimum Gasteiger partial charge on any atom is -0.205 e. The smallest absolute Gasteiger partial charge is 0.200 e. The lowest BCUT2D eigenvalue weighted by Gasteiger charge is -1.87. The molecule has 1 aliphatic heterocycles. The molecule has 0 aromatic heterocycles. The molecule has 0 saturated heterocycles. The third kappa shape index (κ3) is 0.601. The number of hydrogen-bond donors (Lipinski definition) is 0.